The van der Waals surface area contributed by atoms with Gasteiger partial charge in [-0.05, 0) is 19.1 Å². The topological polar surface area (TPSA) is 61.8 Å². The number of carbonyl (C=O) groups is 2. The first kappa shape index (κ1) is 13.7. The lowest BCUT2D eigenvalue weighted by molar-refractivity contribution is -0.151. The van der Waals surface area contributed by atoms with Crippen molar-refractivity contribution >= 4 is 11.8 Å². The number of fused-ring (bicyclic) bond motifs is 3. The highest BCUT2D eigenvalue weighted by atomic mass is 16.5. The third-order valence-electron chi connectivity index (χ3n) is 3.94. The van der Waals surface area contributed by atoms with Crippen molar-refractivity contribution in [1.82, 2.24) is 0 Å². The summed E-state index contributed by atoms with van der Waals surface area (Å²) in [6.45, 7) is 2.03. The van der Waals surface area contributed by atoms with Crippen molar-refractivity contribution in [3.05, 3.63) is 35.9 Å². The Morgan fingerprint density at radius 3 is 3.00 bits per heavy atom. The van der Waals surface area contributed by atoms with E-state index in [0.717, 1.165) is 0 Å². The van der Waals surface area contributed by atoms with E-state index >= 15 is 0 Å². The van der Waals surface area contributed by atoms with E-state index in [9.17, 15) is 9.59 Å². The van der Waals surface area contributed by atoms with E-state index in [1.54, 1.807) is 32.2 Å². The van der Waals surface area contributed by atoms with Gasteiger partial charge < -0.3 is 14.2 Å². The molecule has 21 heavy (non-hydrogen) atoms. The molecule has 2 aliphatic rings. The molecule has 0 N–H and O–H groups in total. The lowest BCUT2D eigenvalue weighted by atomic mass is 9.72. The summed E-state index contributed by atoms with van der Waals surface area (Å²) in [5.41, 5.74) is -0.373. The van der Waals surface area contributed by atoms with Gasteiger partial charge in [0.2, 0.25) is 0 Å². The van der Waals surface area contributed by atoms with Crippen LogP contribution in [0.2, 0.25) is 0 Å². The van der Waals surface area contributed by atoms with E-state index in [0.29, 0.717) is 17.1 Å². The molecule has 110 valence electrons. The number of ketones is 1. The Bertz CT molecular complexity index is 634. The Morgan fingerprint density at radius 1 is 1.48 bits per heavy atom. The number of hydrogen-bond donors (Lipinski definition) is 0. The monoisotopic (exact) mass is 288 g/mol. The van der Waals surface area contributed by atoms with Crippen molar-refractivity contribution in [3.8, 4) is 11.5 Å². The molecule has 1 aliphatic heterocycles. The lowest BCUT2D eigenvalue weighted by Gasteiger charge is -2.30. The Balaban J connectivity index is 2.19. The number of methoxy groups -OCH3 is 1. The van der Waals surface area contributed by atoms with Crippen LogP contribution in [-0.4, -0.2) is 31.6 Å². The highest BCUT2D eigenvalue weighted by Crippen LogP contribution is 2.51. The minimum Gasteiger partial charge on any atom is -0.493 e. The fourth-order valence-corrected chi connectivity index (χ4v) is 2.97. The first-order chi connectivity index (χ1) is 10.1. The van der Waals surface area contributed by atoms with Gasteiger partial charge in [0, 0.05) is 12.0 Å². The van der Waals surface area contributed by atoms with Gasteiger partial charge in [-0.15, -0.1) is 0 Å². The molecule has 2 atom stereocenters. The largest absolute Gasteiger partial charge is 0.493 e. The molecule has 0 radical (unpaired) electrons. The average Bonchev–Trinajstić information content (AvgIpc) is 2.81. The van der Waals surface area contributed by atoms with Gasteiger partial charge in [0.1, 0.15) is 6.10 Å². The standard InChI is InChI=1S/C16H16O5/c1-3-20-15(18)16-8-7-10(17)9-13(16)21-14-11(16)5-4-6-12(14)19-2/h4-8,13H,3,9H2,1-2H3. The van der Waals surface area contributed by atoms with Gasteiger partial charge in [-0.25, -0.2) is 0 Å². The van der Waals surface area contributed by atoms with E-state index < -0.39 is 17.5 Å². The van der Waals surface area contributed by atoms with Crippen LogP contribution < -0.4 is 9.47 Å². The highest BCUT2D eigenvalue weighted by molar-refractivity contribution is 5.98. The molecule has 0 fully saturated rings. The molecule has 3 rings (SSSR count). The fourth-order valence-electron chi connectivity index (χ4n) is 2.97. The van der Waals surface area contributed by atoms with E-state index in [-0.39, 0.29) is 18.8 Å². The maximum atomic E-state index is 12.6. The van der Waals surface area contributed by atoms with Crippen molar-refractivity contribution in [2.45, 2.75) is 24.9 Å². The molecule has 5 heteroatoms. The Labute approximate surface area is 122 Å². The fraction of sp³-hybridized carbons (Fsp3) is 0.375. The van der Waals surface area contributed by atoms with Gasteiger partial charge in [0.15, 0.2) is 22.7 Å². The predicted molar refractivity (Wildman–Crippen MR) is 74.5 cm³/mol. The Morgan fingerprint density at radius 2 is 2.29 bits per heavy atom. The van der Waals surface area contributed by atoms with Crippen LogP contribution >= 0.6 is 0 Å². The summed E-state index contributed by atoms with van der Waals surface area (Å²) in [6, 6.07) is 5.38. The molecule has 0 saturated heterocycles. The number of rotatable bonds is 3. The molecule has 1 aromatic carbocycles. The minimum atomic E-state index is -1.06. The van der Waals surface area contributed by atoms with Crippen molar-refractivity contribution < 1.29 is 23.8 Å². The molecule has 1 heterocycles. The molecule has 5 nitrogen and oxygen atoms in total. The number of allylic oxidation sites excluding steroid dienone is 1. The van der Waals surface area contributed by atoms with Gasteiger partial charge in [0.25, 0.3) is 0 Å². The SMILES string of the molecule is CCOC(=O)C12C=CC(=O)CC1Oc1c(OC)cccc12. The van der Waals surface area contributed by atoms with Gasteiger partial charge in [-0.1, -0.05) is 18.2 Å². The van der Waals surface area contributed by atoms with Gasteiger partial charge in [-0.3, -0.25) is 9.59 Å². The summed E-state index contributed by atoms with van der Waals surface area (Å²) < 4.78 is 16.4. The second kappa shape index (κ2) is 4.91. The van der Waals surface area contributed by atoms with Crippen molar-refractivity contribution in [3.63, 3.8) is 0 Å². The van der Waals surface area contributed by atoms with Crippen LogP contribution in [-0.2, 0) is 19.7 Å². The molecular weight excluding hydrogens is 272 g/mol. The van der Waals surface area contributed by atoms with Crippen LogP contribution in [0.3, 0.4) is 0 Å². The number of ether oxygens (including phenoxy) is 3. The van der Waals surface area contributed by atoms with Gasteiger partial charge in [0.05, 0.1) is 13.7 Å². The lowest BCUT2D eigenvalue weighted by Crippen LogP contribution is -2.47. The number of benzene rings is 1. The molecule has 0 aromatic heterocycles. The quantitative estimate of drug-likeness (QED) is 0.793. The molecule has 1 aliphatic carbocycles. The maximum Gasteiger partial charge on any atom is 0.324 e. The third kappa shape index (κ3) is 1.84. The van der Waals surface area contributed by atoms with E-state index in [1.807, 2.05) is 6.07 Å². The van der Waals surface area contributed by atoms with Crippen LogP contribution in [0.15, 0.2) is 30.4 Å². The van der Waals surface area contributed by atoms with Crippen molar-refractivity contribution in [2.75, 3.05) is 13.7 Å². The minimum absolute atomic E-state index is 0.0632. The maximum absolute atomic E-state index is 12.6. The number of esters is 1. The number of para-hydroxylation sites is 1. The molecule has 0 spiro atoms. The van der Waals surface area contributed by atoms with Gasteiger partial charge >= 0.3 is 5.97 Å². The van der Waals surface area contributed by atoms with E-state index in [2.05, 4.69) is 0 Å². The van der Waals surface area contributed by atoms with E-state index in [1.165, 1.54) is 6.08 Å². The molecule has 0 bridgehead atoms. The first-order valence-electron chi connectivity index (χ1n) is 6.87. The molecule has 0 saturated carbocycles. The normalized spacial score (nSPS) is 25.8. The zero-order valence-electron chi connectivity index (χ0n) is 11.9. The zero-order valence-corrected chi connectivity index (χ0v) is 11.9. The second-order valence-electron chi connectivity index (χ2n) is 5.04. The van der Waals surface area contributed by atoms with Gasteiger partial charge in [-0.2, -0.15) is 0 Å². The zero-order chi connectivity index (χ0) is 15.0. The van der Waals surface area contributed by atoms with E-state index in [4.69, 9.17) is 14.2 Å². The van der Waals surface area contributed by atoms with Crippen LogP contribution in [0.4, 0.5) is 0 Å². The number of hydrogen-bond acceptors (Lipinski definition) is 5. The molecule has 2 unspecified atom stereocenters. The molecule has 1 aromatic rings. The summed E-state index contributed by atoms with van der Waals surface area (Å²) in [7, 11) is 1.54. The Kier molecular flexibility index (Phi) is 3.20. The smallest absolute Gasteiger partial charge is 0.324 e. The molecule has 0 amide bonds. The predicted octanol–water partition coefficient (Wildman–Crippen LogP) is 1.79. The van der Waals surface area contributed by atoms with Crippen molar-refractivity contribution in [2.24, 2.45) is 0 Å². The third-order valence-corrected chi connectivity index (χ3v) is 3.94. The summed E-state index contributed by atoms with van der Waals surface area (Å²) in [6.07, 6.45) is 2.60. The van der Waals surface area contributed by atoms with Crippen LogP contribution in [0, 0.1) is 0 Å². The van der Waals surface area contributed by atoms with Crippen LogP contribution in [0.25, 0.3) is 0 Å². The molecular formula is C16H16O5. The summed E-state index contributed by atoms with van der Waals surface area (Å²) in [5.74, 6) is 0.598. The van der Waals surface area contributed by atoms with Crippen LogP contribution in [0.1, 0.15) is 18.9 Å². The van der Waals surface area contributed by atoms with Crippen LogP contribution in [0.5, 0.6) is 11.5 Å². The highest BCUT2D eigenvalue weighted by Gasteiger charge is 2.57. The number of carbonyl (C=O) groups excluding carboxylic acids is 2. The summed E-state index contributed by atoms with van der Waals surface area (Å²) in [4.78, 5) is 24.2. The summed E-state index contributed by atoms with van der Waals surface area (Å²) in [5, 5.41) is 0. The first-order valence-corrected chi connectivity index (χ1v) is 6.87. The van der Waals surface area contributed by atoms with Crippen molar-refractivity contribution in [1.29, 1.82) is 0 Å². The average molecular weight is 288 g/mol. The summed E-state index contributed by atoms with van der Waals surface area (Å²) >= 11 is 0. The Hall–Kier alpha value is -2.30. The second-order valence-corrected chi connectivity index (χ2v) is 5.04.